The average molecular weight is 310 g/mol. The Balaban J connectivity index is 1.85. The lowest BCUT2D eigenvalue weighted by molar-refractivity contribution is 0.174. The van der Waals surface area contributed by atoms with E-state index in [9.17, 15) is 9.50 Å². The third-order valence-electron chi connectivity index (χ3n) is 3.15. The number of ether oxygens (including phenoxy) is 1. The van der Waals surface area contributed by atoms with Crippen molar-refractivity contribution < 1.29 is 14.2 Å². The van der Waals surface area contributed by atoms with Crippen molar-refractivity contribution in [2.24, 2.45) is 0 Å². The predicted molar refractivity (Wildman–Crippen MR) is 81.1 cm³/mol. The van der Waals surface area contributed by atoms with Crippen molar-refractivity contribution in [3.8, 4) is 5.75 Å². The molecule has 0 aliphatic carbocycles. The van der Waals surface area contributed by atoms with Gasteiger partial charge in [0.25, 0.3) is 0 Å². The van der Waals surface area contributed by atoms with Gasteiger partial charge in [-0.05, 0) is 35.4 Å². The molecule has 2 aromatic carbocycles. The van der Waals surface area contributed by atoms with E-state index in [-0.39, 0.29) is 5.02 Å². The lowest BCUT2D eigenvalue weighted by Crippen LogP contribution is -2.21. The Morgan fingerprint density at radius 2 is 1.95 bits per heavy atom. The van der Waals surface area contributed by atoms with Crippen LogP contribution in [0.4, 0.5) is 4.39 Å². The molecule has 21 heavy (non-hydrogen) atoms. The van der Waals surface area contributed by atoms with Gasteiger partial charge in [-0.2, -0.15) is 0 Å². The van der Waals surface area contributed by atoms with Gasteiger partial charge in [-0.15, -0.1) is 0 Å². The number of rotatable bonds is 6. The van der Waals surface area contributed by atoms with Crippen LogP contribution in [0.5, 0.6) is 5.75 Å². The molecule has 2 N–H and O–H groups in total. The van der Waals surface area contributed by atoms with Gasteiger partial charge in [0.1, 0.15) is 11.6 Å². The Morgan fingerprint density at radius 1 is 1.24 bits per heavy atom. The van der Waals surface area contributed by atoms with Crippen LogP contribution in [0.25, 0.3) is 0 Å². The van der Waals surface area contributed by atoms with E-state index >= 15 is 0 Å². The molecule has 0 radical (unpaired) electrons. The molecular weight excluding hydrogens is 293 g/mol. The third-order valence-corrected chi connectivity index (χ3v) is 3.44. The van der Waals surface area contributed by atoms with Crippen LogP contribution in [-0.2, 0) is 6.54 Å². The van der Waals surface area contributed by atoms with Crippen molar-refractivity contribution >= 4 is 11.6 Å². The highest BCUT2D eigenvalue weighted by atomic mass is 35.5. The maximum atomic E-state index is 13.0. The van der Waals surface area contributed by atoms with Crippen molar-refractivity contribution in [3.63, 3.8) is 0 Å². The second kappa shape index (κ2) is 7.41. The van der Waals surface area contributed by atoms with Gasteiger partial charge in [0.15, 0.2) is 0 Å². The predicted octanol–water partition coefficient (Wildman–Crippen LogP) is 3.31. The number of hydrogen-bond donors (Lipinski definition) is 2. The van der Waals surface area contributed by atoms with Crippen LogP contribution >= 0.6 is 11.6 Å². The van der Waals surface area contributed by atoms with Crippen LogP contribution in [0.2, 0.25) is 5.02 Å². The maximum Gasteiger partial charge on any atom is 0.141 e. The van der Waals surface area contributed by atoms with Gasteiger partial charge in [0, 0.05) is 13.1 Å². The molecule has 0 aromatic heterocycles. The maximum absolute atomic E-state index is 13.0. The summed E-state index contributed by atoms with van der Waals surface area (Å²) in [5.74, 6) is 0.318. The lowest BCUT2D eigenvalue weighted by atomic mass is 10.1. The van der Waals surface area contributed by atoms with Gasteiger partial charge in [-0.1, -0.05) is 29.8 Å². The summed E-state index contributed by atoms with van der Waals surface area (Å²) in [5, 5.41) is 13.3. The van der Waals surface area contributed by atoms with Crippen molar-refractivity contribution in [1.82, 2.24) is 5.32 Å². The van der Waals surface area contributed by atoms with E-state index < -0.39 is 11.9 Å². The standard InChI is InChI=1S/C16H17ClFNO2/c1-21-13-5-3-12(4-6-13)16(20)10-19-9-11-2-7-15(18)14(17)8-11/h2-8,16,19-20H,9-10H2,1H3/t16-/m1/s1. The van der Waals surface area contributed by atoms with E-state index in [1.54, 1.807) is 31.4 Å². The van der Waals surface area contributed by atoms with E-state index in [4.69, 9.17) is 16.3 Å². The Kier molecular flexibility index (Phi) is 5.56. The molecule has 0 saturated carbocycles. The fraction of sp³-hybridized carbons (Fsp3) is 0.250. The molecule has 0 amide bonds. The molecule has 2 aromatic rings. The highest BCUT2D eigenvalue weighted by Gasteiger charge is 2.07. The number of hydrogen-bond acceptors (Lipinski definition) is 3. The first kappa shape index (κ1) is 15.8. The SMILES string of the molecule is COc1ccc([C@H](O)CNCc2ccc(F)c(Cl)c2)cc1. The molecule has 0 aliphatic heterocycles. The van der Waals surface area contributed by atoms with Gasteiger partial charge in [-0.3, -0.25) is 0 Å². The highest BCUT2D eigenvalue weighted by Crippen LogP contribution is 2.18. The van der Waals surface area contributed by atoms with Crippen molar-refractivity contribution in [2.45, 2.75) is 12.6 Å². The monoisotopic (exact) mass is 309 g/mol. The topological polar surface area (TPSA) is 41.5 Å². The van der Waals surface area contributed by atoms with Crippen molar-refractivity contribution in [3.05, 3.63) is 64.4 Å². The van der Waals surface area contributed by atoms with E-state index in [1.807, 2.05) is 12.1 Å². The summed E-state index contributed by atoms with van der Waals surface area (Å²) < 4.78 is 18.1. The van der Waals surface area contributed by atoms with Gasteiger partial charge < -0.3 is 15.2 Å². The Morgan fingerprint density at radius 3 is 2.57 bits per heavy atom. The average Bonchev–Trinajstić information content (AvgIpc) is 2.51. The molecule has 0 spiro atoms. The molecule has 0 fully saturated rings. The van der Waals surface area contributed by atoms with E-state index in [0.29, 0.717) is 13.1 Å². The molecule has 0 saturated heterocycles. The number of aliphatic hydroxyl groups is 1. The zero-order chi connectivity index (χ0) is 15.2. The lowest BCUT2D eigenvalue weighted by Gasteiger charge is -2.13. The number of benzene rings is 2. The fourth-order valence-corrected chi connectivity index (χ4v) is 2.15. The Hall–Kier alpha value is -1.62. The molecule has 0 heterocycles. The summed E-state index contributed by atoms with van der Waals surface area (Å²) in [6.45, 7) is 0.897. The van der Waals surface area contributed by atoms with Crippen LogP contribution in [0, 0.1) is 5.82 Å². The number of halogens is 2. The summed E-state index contributed by atoms with van der Waals surface area (Å²) in [6, 6.07) is 11.8. The molecule has 0 aliphatic rings. The van der Waals surface area contributed by atoms with Gasteiger partial charge in [-0.25, -0.2) is 4.39 Å². The van der Waals surface area contributed by atoms with Crippen molar-refractivity contribution in [2.75, 3.05) is 13.7 Å². The van der Waals surface area contributed by atoms with Gasteiger partial charge in [0.05, 0.1) is 18.2 Å². The van der Waals surface area contributed by atoms with Crippen LogP contribution in [-0.4, -0.2) is 18.8 Å². The first-order chi connectivity index (χ1) is 10.1. The minimum Gasteiger partial charge on any atom is -0.497 e. The minimum absolute atomic E-state index is 0.102. The van der Waals surface area contributed by atoms with Gasteiger partial charge >= 0.3 is 0 Å². The van der Waals surface area contributed by atoms with Crippen molar-refractivity contribution in [1.29, 1.82) is 0 Å². The third kappa shape index (κ3) is 4.43. The normalized spacial score (nSPS) is 12.2. The summed E-state index contributed by atoms with van der Waals surface area (Å²) in [6.07, 6.45) is -0.619. The van der Waals surface area contributed by atoms with Crippen LogP contribution in [0.1, 0.15) is 17.2 Å². The number of methoxy groups -OCH3 is 1. The molecule has 0 unspecified atom stereocenters. The molecule has 3 nitrogen and oxygen atoms in total. The highest BCUT2D eigenvalue weighted by molar-refractivity contribution is 6.30. The summed E-state index contributed by atoms with van der Waals surface area (Å²) in [5.41, 5.74) is 1.67. The van der Waals surface area contributed by atoms with E-state index in [1.165, 1.54) is 6.07 Å². The second-order valence-electron chi connectivity index (χ2n) is 4.67. The second-order valence-corrected chi connectivity index (χ2v) is 5.08. The first-order valence-corrected chi connectivity index (χ1v) is 6.94. The molecule has 112 valence electrons. The van der Waals surface area contributed by atoms with Crippen LogP contribution < -0.4 is 10.1 Å². The summed E-state index contributed by atoms with van der Waals surface area (Å²) in [4.78, 5) is 0. The molecule has 1 atom stereocenters. The molecular formula is C16H17ClFNO2. The Bertz CT molecular complexity index is 589. The summed E-state index contributed by atoms with van der Waals surface area (Å²) >= 11 is 5.72. The zero-order valence-corrected chi connectivity index (χ0v) is 12.4. The number of nitrogens with one attached hydrogen (secondary N) is 1. The molecule has 5 heteroatoms. The molecule has 0 bridgehead atoms. The largest absolute Gasteiger partial charge is 0.497 e. The minimum atomic E-state index is -0.619. The van der Waals surface area contributed by atoms with Crippen LogP contribution in [0.15, 0.2) is 42.5 Å². The smallest absolute Gasteiger partial charge is 0.141 e. The van der Waals surface area contributed by atoms with Gasteiger partial charge in [0.2, 0.25) is 0 Å². The van der Waals surface area contributed by atoms with E-state index in [0.717, 1.165) is 16.9 Å². The Labute approximate surface area is 128 Å². The molecule has 2 rings (SSSR count). The number of aliphatic hydroxyl groups excluding tert-OH is 1. The summed E-state index contributed by atoms with van der Waals surface area (Å²) in [7, 11) is 1.60. The zero-order valence-electron chi connectivity index (χ0n) is 11.6. The first-order valence-electron chi connectivity index (χ1n) is 6.57. The van der Waals surface area contributed by atoms with Crippen LogP contribution in [0.3, 0.4) is 0 Å². The van der Waals surface area contributed by atoms with E-state index in [2.05, 4.69) is 5.32 Å². The quantitative estimate of drug-likeness (QED) is 0.860. The fourth-order valence-electron chi connectivity index (χ4n) is 1.95.